The van der Waals surface area contributed by atoms with Crippen LogP contribution in [-0.4, -0.2) is 46.0 Å². The molecule has 4 rings (SSSR count). The Kier molecular flexibility index (Phi) is 7.23. The Labute approximate surface area is 205 Å². The first-order valence-corrected chi connectivity index (χ1v) is 12.0. The molecule has 3 aromatic rings. The van der Waals surface area contributed by atoms with Gasteiger partial charge in [0.1, 0.15) is 10.8 Å². The van der Waals surface area contributed by atoms with Gasteiger partial charge >= 0.3 is 0 Å². The molecule has 10 heteroatoms. The summed E-state index contributed by atoms with van der Waals surface area (Å²) in [5.74, 6) is -0.0590. The van der Waals surface area contributed by atoms with Crippen LogP contribution in [0.15, 0.2) is 36.4 Å². The Balaban J connectivity index is 1.21. The van der Waals surface area contributed by atoms with Gasteiger partial charge in [0.25, 0.3) is 11.8 Å². The lowest BCUT2D eigenvalue weighted by atomic mass is 10.1. The summed E-state index contributed by atoms with van der Waals surface area (Å²) >= 11 is 7.39. The molecule has 0 unspecified atom stereocenters. The first-order valence-electron chi connectivity index (χ1n) is 10.8. The fraction of sp³-hybridized carbons (Fsp3) is 0.292. The second-order valence-corrected chi connectivity index (χ2v) is 9.37. The minimum atomic E-state index is -0.301. The first-order chi connectivity index (χ1) is 16.3. The average molecular weight is 499 g/mol. The summed E-state index contributed by atoms with van der Waals surface area (Å²) in [4.78, 5) is 38.3. The topological polar surface area (TPSA) is 101 Å². The fourth-order valence-corrected chi connectivity index (χ4v) is 4.50. The Bertz CT molecular complexity index is 1200. The van der Waals surface area contributed by atoms with E-state index in [4.69, 9.17) is 16.3 Å². The van der Waals surface area contributed by atoms with Crippen LogP contribution in [0.4, 0.5) is 5.13 Å². The summed E-state index contributed by atoms with van der Waals surface area (Å²) < 4.78 is 5.73. The molecule has 2 heterocycles. The van der Waals surface area contributed by atoms with Crippen molar-refractivity contribution in [3.05, 3.63) is 68.7 Å². The second kappa shape index (κ2) is 10.3. The Morgan fingerprint density at radius 2 is 1.74 bits per heavy atom. The molecule has 34 heavy (non-hydrogen) atoms. The largest absolute Gasteiger partial charge is 0.494 e. The van der Waals surface area contributed by atoms with E-state index >= 15 is 0 Å². The number of hydrogen-bond acceptors (Lipinski definition) is 7. The minimum absolute atomic E-state index is 0.185. The number of anilines is 1. The van der Waals surface area contributed by atoms with E-state index in [9.17, 15) is 14.4 Å². The highest BCUT2D eigenvalue weighted by atomic mass is 35.5. The van der Waals surface area contributed by atoms with Crippen LogP contribution in [0, 0.1) is 13.8 Å². The number of fused-ring (bicyclic) bond motifs is 1. The predicted octanol–water partition coefficient (Wildman–Crippen LogP) is 4.44. The van der Waals surface area contributed by atoms with Gasteiger partial charge in [-0.15, -0.1) is 10.2 Å². The summed E-state index contributed by atoms with van der Waals surface area (Å²) in [7, 11) is 0. The highest BCUT2D eigenvalue weighted by Crippen LogP contribution is 2.26. The quantitative estimate of drug-likeness (QED) is 0.345. The summed E-state index contributed by atoms with van der Waals surface area (Å²) in [6.07, 6.45) is 1.18. The third kappa shape index (κ3) is 5.26. The lowest BCUT2D eigenvalue weighted by Gasteiger charge is -2.12. The van der Waals surface area contributed by atoms with Crippen molar-refractivity contribution in [2.24, 2.45) is 0 Å². The molecular formula is C24H23ClN4O4S. The number of nitrogens with zero attached hydrogens (tertiary/aromatic N) is 3. The Morgan fingerprint density at radius 3 is 2.38 bits per heavy atom. The minimum Gasteiger partial charge on any atom is -0.494 e. The standard InChI is InChI=1S/C24H23ClN4O4S/c1-14-12-16(13-15(2)21(14)25)33-11-5-8-19(30)26-24-28-27-20(34-24)9-10-29-22(31)17-6-3-4-7-18(17)23(29)32/h3-4,6-7,12-13H,5,8-11H2,1-2H3,(H,26,28,30). The van der Waals surface area contributed by atoms with Crippen molar-refractivity contribution in [3.63, 3.8) is 0 Å². The number of nitrogens with one attached hydrogen (secondary N) is 1. The molecule has 0 radical (unpaired) electrons. The average Bonchev–Trinajstić information content (AvgIpc) is 3.36. The normalized spacial score (nSPS) is 12.7. The molecule has 0 bridgehead atoms. The number of rotatable bonds is 9. The van der Waals surface area contributed by atoms with Crippen molar-refractivity contribution >= 4 is 45.8 Å². The number of halogens is 1. The van der Waals surface area contributed by atoms with Gasteiger partial charge in [-0.25, -0.2) is 0 Å². The van der Waals surface area contributed by atoms with Crippen molar-refractivity contribution in [3.8, 4) is 5.75 Å². The number of imide groups is 1. The van der Waals surface area contributed by atoms with Gasteiger partial charge in [-0.2, -0.15) is 0 Å². The molecule has 0 saturated carbocycles. The molecular weight excluding hydrogens is 476 g/mol. The van der Waals surface area contributed by atoms with E-state index in [1.54, 1.807) is 24.3 Å². The zero-order valence-corrected chi connectivity index (χ0v) is 20.3. The van der Waals surface area contributed by atoms with Crippen LogP contribution in [0.5, 0.6) is 5.75 Å². The summed E-state index contributed by atoms with van der Waals surface area (Å²) in [6.45, 7) is 4.45. The number of aryl methyl sites for hydroxylation is 2. The fourth-order valence-electron chi connectivity index (χ4n) is 3.65. The summed E-state index contributed by atoms with van der Waals surface area (Å²) in [5, 5.41) is 12.5. The number of aromatic nitrogens is 2. The summed E-state index contributed by atoms with van der Waals surface area (Å²) in [6, 6.07) is 10.5. The van der Waals surface area contributed by atoms with Crippen LogP contribution in [0.2, 0.25) is 5.02 Å². The maximum Gasteiger partial charge on any atom is 0.261 e. The van der Waals surface area contributed by atoms with Crippen molar-refractivity contribution in [2.75, 3.05) is 18.5 Å². The van der Waals surface area contributed by atoms with Crippen LogP contribution in [0.25, 0.3) is 0 Å². The smallest absolute Gasteiger partial charge is 0.261 e. The van der Waals surface area contributed by atoms with Crippen LogP contribution in [0.3, 0.4) is 0 Å². The first kappa shape index (κ1) is 23.8. The van der Waals surface area contributed by atoms with Crippen molar-refractivity contribution in [1.29, 1.82) is 0 Å². The van der Waals surface area contributed by atoms with Gasteiger partial charge in [-0.1, -0.05) is 35.1 Å². The van der Waals surface area contributed by atoms with Crippen molar-refractivity contribution < 1.29 is 19.1 Å². The molecule has 0 spiro atoms. The number of carbonyl (C=O) groups is 3. The molecule has 0 fully saturated rings. The molecule has 1 N–H and O–H groups in total. The maximum absolute atomic E-state index is 12.4. The number of hydrogen-bond donors (Lipinski definition) is 1. The van der Waals surface area contributed by atoms with Crippen molar-refractivity contribution in [1.82, 2.24) is 15.1 Å². The third-order valence-corrected chi connectivity index (χ3v) is 6.86. The zero-order chi connectivity index (χ0) is 24.2. The lowest BCUT2D eigenvalue weighted by molar-refractivity contribution is -0.116. The molecule has 0 atom stereocenters. The second-order valence-electron chi connectivity index (χ2n) is 7.93. The van der Waals surface area contributed by atoms with Crippen LogP contribution in [0.1, 0.15) is 49.7 Å². The Hall–Kier alpha value is -3.30. The predicted molar refractivity (Wildman–Crippen MR) is 130 cm³/mol. The van der Waals surface area contributed by atoms with Gasteiger partial charge < -0.3 is 10.1 Å². The van der Waals surface area contributed by atoms with Crippen LogP contribution >= 0.6 is 22.9 Å². The van der Waals surface area contributed by atoms with E-state index < -0.39 is 0 Å². The van der Waals surface area contributed by atoms with E-state index in [2.05, 4.69) is 15.5 Å². The van der Waals surface area contributed by atoms with Crippen LogP contribution < -0.4 is 10.1 Å². The van der Waals surface area contributed by atoms with Gasteiger partial charge in [-0.05, 0) is 55.7 Å². The van der Waals surface area contributed by atoms with E-state index in [0.29, 0.717) is 40.7 Å². The lowest BCUT2D eigenvalue weighted by Crippen LogP contribution is -2.31. The van der Waals surface area contributed by atoms with Gasteiger partial charge in [0.05, 0.1) is 17.7 Å². The number of ether oxygens (including phenoxy) is 1. The summed E-state index contributed by atoms with van der Waals surface area (Å²) in [5.41, 5.74) is 2.74. The van der Waals surface area contributed by atoms with E-state index in [-0.39, 0.29) is 30.7 Å². The van der Waals surface area contributed by atoms with E-state index in [1.165, 1.54) is 16.2 Å². The van der Waals surface area contributed by atoms with E-state index in [1.807, 2.05) is 26.0 Å². The molecule has 3 amide bonds. The highest BCUT2D eigenvalue weighted by molar-refractivity contribution is 7.15. The molecule has 1 aliphatic heterocycles. The molecule has 176 valence electrons. The van der Waals surface area contributed by atoms with Gasteiger partial charge in [0.2, 0.25) is 11.0 Å². The third-order valence-electron chi connectivity index (χ3n) is 5.37. The monoisotopic (exact) mass is 498 g/mol. The van der Waals surface area contributed by atoms with Crippen LogP contribution in [-0.2, 0) is 11.2 Å². The van der Waals surface area contributed by atoms with Crippen molar-refractivity contribution in [2.45, 2.75) is 33.1 Å². The number of carbonyl (C=O) groups excluding carboxylic acids is 3. The molecule has 0 saturated heterocycles. The number of benzene rings is 2. The zero-order valence-electron chi connectivity index (χ0n) is 18.8. The number of amides is 3. The van der Waals surface area contributed by atoms with Gasteiger partial charge in [0, 0.05) is 24.4 Å². The van der Waals surface area contributed by atoms with E-state index in [0.717, 1.165) is 21.9 Å². The maximum atomic E-state index is 12.4. The van der Waals surface area contributed by atoms with Gasteiger partial charge in [-0.3, -0.25) is 19.3 Å². The SMILES string of the molecule is Cc1cc(OCCCC(=O)Nc2nnc(CCN3C(=O)c4ccccc4C3=O)s2)cc(C)c1Cl. The molecule has 0 aliphatic carbocycles. The highest BCUT2D eigenvalue weighted by Gasteiger charge is 2.34. The van der Waals surface area contributed by atoms with Gasteiger partial charge in [0.15, 0.2) is 0 Å². The Morgan fingerprint density at radius 1 is 1.09 bits per heavy atom. The molecule has 8 nitrogen and oxygen atoms in total. The molecule has 2 aromatic carbocycles. The molecule has 1 aliphatic rings. The molecule has 1 aromatic heterocycles.